The predicted octanol–water partition coefficient (Wildman–Crippen LogP) is 3.86. The third-order valence-corrected chi connectivity index (χ3v) is 5.46. The molecule has 4 nitrogen and oxygen atoms in total. The summed E-state index contributed by atoms with van der Waals surface area (Å²) in [7, 11) is 0. The van der Waals surface area contributed by atoms with Crippen LogP contribution in [-0.2, 0) is 11.3 Å². The Morgan fingerprint density at radius 1 is 1.24 bits per heavy atom. The van der Waals surface area contributed by atoms with Gasteiger partial charge in [-0.05, 0) is 36.5 Å². The molecule has 3 atom stereocenters. The summed E-state index contributed by atoms with van der Waals surface area (Å²) >= 11 is 0. The van der Waals surface area contributed by atoms with E-state index in [9.17, 15) is 4.79 Å². The number of furan rings is 1. The number of nitrogens with one attached hydrogen (secondary N) is 1. The quantitative estimate of drug-likeness (QED) is 0.834. The summed E-state index contributed by atoms with van der Waals surface area (Å²) in [4.78, 5) is 14.0. The molecule has 2 aromatic rings. The fourth-order valence-corrected chi connectivity index (χ4v) is 3.72. The zero-order valence-electron chi connectivity index (χ0n) is 14.8. The first kappa shape index (κ1) is 16.4. The van der Waals surface area contributed by atoms with Gasteiger partial charge in [0.25, 0.3) is 0 Å². The van der Waals surface area contributed by atoms with Crippen molar-refractivity contribution in [1.29, 1.82) is 0 Å². The first-order valence-corrected chi connectivity index (χ1v) is 9.35. The summed E-state index contributed by atoms with van der Waals surface area (Å²) in [6.45, 7) is 4.54. The van der Waals surface area contributed by atoms with Gasteiger partial charge in [-0.25, -0.2) is 0 Å². The molecular weight excluding hydrogens is 312 g/mol. The molecule has 4 rings (SSSR count). The third-order valence-electron chi connectivity index (χ3n) is 5.46. The summed E-state index contributed by atoms with van der Waals surface area (Å²) in [6, 6.07) is 14.7. The van der Waals surface area contributed by atoms with Crippen molar-refractivity contribution in [1.82, 2.24) is 10.2 Å². The predicted molar refractivity (Wildman–Crippen MR) is 97.1 cm³/mol. The average Bonchev–Trinajstić information content (AvgIpc) is 3.00. The molecule has 25 heavy (non-hydrogen) atoms. The largest absolute Gasteiger partial charge is 0.464 e. The molecule has 2 heterocycles. The maximum absolute atomic E-state index is 12.0. The van der Waals surface area contributed by atoms with Crippen molar-refractivity contribution in [2.75, 3.05) is 13.1 Å². The van der Waals surface area contributed by atoms with E-state index in [0.29, 0.717) is 18.9 Å². The number of rotatable bonds is 7. The summed E-state index contributed by atoms with van der Waals surface area (Å²) in [5.74, 6) is 3.73. The van der Waals surface area contributed by atoms with Gasteiger partial charge in [-0.2, -0.15) is 0 Å². The van der Waals surface area contributed by atoms with Crippen LogP contribution in [0, 0.1) is 5.92 Å². The first-order valence-electron chi connectivity index (χ1n) is 9.35. The molecule has 1 N–H and O–H groups in total. The van der Waals surface area contributed by atoms with Gasteiger partial charge in [0.15, 0.2) is 0 Å². The van der Waals surface area contributed by atoms with Gasteiger partial charge in [0, 0.05) is 25.4 Å². The lowest BCUT2D eigenvalue weighted by Gasteiger charge is -2.25. The lowest BCUT2D eigenvalue weighted by Crippen LogP contribution is -2.35. The second-order valence-corrected chi connectivity index (χ2v) is 7.41. The van der Waals surface area contributed by atoms with Crippen molar-refractivity contribution < 1.29 is 9.21 Å². The minimum Gasteiger partial charge on any atom is -0.464 e. The molecule has 132 valence electrons. The molecule has 1 aromatic heterocycles. The number of amides is 1. The van der Waals surface area contributed by atoms with E-state index in [4.69, 9.17) is 4.42 Å². The van der Waals surface area contributed by atoms with Crippen molar-refractivity contribution in [2.24, 2.45) is 5.92 Å². The fraction of sp³-hybridized carbons (Fsp3) is 0.476. The van der Waals surface area contributed by atoms with E-state index < -0.39 is 0 Å². The molecule has 1 saturated carbocycles. The Hall–Kier alpha value is -2.07. The zero-order valence-corrected chi connectivity index (χ0v) is 14.8. The van der Waals surface area contributed by atoms with Crippen molar-refractivity contribution >= 4 is 5.91 Å². The second-order valence-electron chi connectivity index (χ2n) is 7.41. The summed E-state index contributed by atoms with van der Waals surface area (Å²) < 4.78 is 6.01. The van der Waals surface area contributed by atoms with Gasteiger partial charge in [-0.15, -0.1) is 0 Å². The number of carbonyl (C=O) groups is 1. The maximum Gasteiger partial charge on any atom is 0.222 e. The van der Waals surface area contributed by atoms with Crippen LogP contribution >= 0.6 is 0 Å². The van der Waals surface area contributed by atoms with Crippen molar-refractivity contribution in [3.8, 4) is 0 Å². The Morgan fingerprint density at radius 3 is 2.72 bits per heavy atom. The molecule has 1 amide bonds. The lowest BCUT2D eigenvalue weighted by atomic mass is 10.1. The van der Waals surface area contributed by atoms with Crippen LogP contribution in [0.3, 0.4) is 0 Å². The molecule has 2 fully saturated rings. The minimum atomic E-state index is 0.122. The summed E-state index contributed by atoms with van der Waals surface area (Å²) in [5.41, 5.74) is 1.21. The molecule has 1 aromatic carbocycles. The highest BCUT2D eigenvalue weighted by atomic mass is 16.3. The molecule has 0 spiro atoms. The summed E-state index contributed by atoms with van der Waals surface area (Å²) in [6.07, 6.45) is 2.90. The van der Waals surface area contributed by atoms with E-state index in [1.54, 1.807) is 0 Å². The Labute approximate surface area is 149 Å². The van der Waals surface area contributed by atoms with Crippen LogP contribution in [0.15, 0.2) is 46.9 Å². The Morgan fingerprint density at radius 2 is 2.04 bits per heavy atom. The minimum absolute atomic E-state index is 0.122. The number of benzene rings is 1. The van der Waals surface area contributed by atoms with Gasteiger partial charge in [0.05, 0.1) is 12.6 Å². The van der Waals surface area contributed by atoms with Crippen LogP contribution in [0.4, 0.5) is 0 Å². The van der Waals surface area contributed by atoms with Gasteiger partial charge in [-0.1, -0.05) is 37.3 Å². The first-order chi connectivity index (χ1) is 12.2. The van der Waals surface area contributed by atoms with Crippen molar-refractivity contribution in [3.63, 3.8) is 0 Å². The van der Waals surface area contributed by atoms with Gasteiger partial charge in [0.1, 0.15) is 11.5 Å². The molecule has 0 radical (unpaired) electrons. The highest BCUT2D eigenvalue weighted by molar-refractivity contribution is 5.78. The van der Waals surface area contributed by atoms with E-state index >= 15 is 0 Å². The van der Waals surface area contributed by atoms with E-state index in [0.717, 1.165) is 36.9 Å². The zero-order chi connectivity index (χ0) is 17.2. The highest BCUT2D eigenvalue weighted by Gasteiger charge is 2.36. The van der Waals surface area contributed by atoms with E-state index in [-0.39, 0.29) is 11.9 Å². The van der Waals surface area contributed by atoms with E-state index in [2.05, 4.69) is 48.6 Å². The lowest BCUT2D eigenvalue weighted by molar-refractivity contribution is -0.128. The second kappa shape index (κ2) is 7.04. The average molecular weight is 338 g/mol. The molecule has 0 unspecified atom stereocenters. The maximum atomic E-state index is 12.0. The number of hydrogen-bond acceptors (Lipinski definition) is 3. The number of carbonyl (C=O) groups excluding carboxylic acids is 1. The smallest absolute Gasteiger partial charge is 0.222 e. The Balaban J connectivity index is 1.42. The number of nitrogens with zero attached hydrogens (tertiary/aromatic N) is 1. The van der Waals surface area contributed by atoms with Gasteiger partial charge in [0.2, 0.25) is 5.91 Å². The standard InChI is InChI=1S/C21H26N2O2/c1-15-12-18(15)20-10-9-17(25-20)13-22-19(16-6-3-2-4-7-16)14-23-11-5-8-21(23)24/h2-4,6-7,9-10,15,18-19,22H,5,8,11-14H2,1H3/t15-,18+,19-/m1/s1. The van der Waals surface area contributed by atoms with Crippen LogP contribution in [-0.4, -0.2) is 23.9 Å². The SMILES string of the molecule is C[C@@H]1C[C@@H]1c1ccc(CN[C@H](CN2CCCC2=O)c2ccccc2)o1. The van der Waals surface area contributed by atoms with Crippen molar-refractivity contribution in [2.45, 2.75) is 44.7 Å². The molecule has 1 aliphatic carbocycles. The summed E-state index contributed by atoms with van der Waals surface area (Å²) in [5, 5.41) is 3.60. The van der Waals surface area contributed by atoms with Crippen LogP contribution in [0.2, 0.25) is 0 Å². The van der Waals surface area contributed by atoms with E-state index in [1.165, 1.54) is 12.0 Å². The van der Waals surface area contributed by atoms with Crippen LogP contribution in [0.5, 0.6) is 0 Å². The number of likely N-dealkylation sites (tertiary alicyclic amines) is 1. The van der Waals surface area contributed by atoms with Crippen LogP contribution < -0.4 is 5.32 Å². The molecule has 2 aliphatic rings. The fourth-order valence-electron chi connectivity index (χ4n) is 3.72. The molecule has 1 aliphatic heterocycles. The molecular formula is C21H26N2O2. The molecule has 1 saturated heterocycles. The third kappa shape index (κ3) is 3.79. The molecule has 0 bridgehead atoms. The van der Waals surface area contributed by atoms with E-state index in [1.807, 2.05) is 11.0 Å². The highest BCUT2D eigenvalue weighted by Crippen LogP contribution is 2.47. The normalized spacial score (nSPS) is 23.9. The topological polar surface area (TPSA) is 45.5 Å². The number of hydrogen-bond donors (Lipinski definition) is 1. The molecule has 4 heteroatoms. The Bertz CT molecular complexity index is 725. The van der Waals surface area contributed by atoms with Gasteiger partial charge in [-0.3, -0.25) is 4.79 Å². The van der Waals surface area contributed by atoms with Crippen molar-refractivity contribution in [3.05, 3.63) is 59.5 Å². The van der Waals surface area contributed by atoms with Crippen LogP contribution in [0.1, 0.15) is 55.2 Å². The monoisotopic (exact) mass is 338 g/mol. The van der Waals surface area contributed by atoms with Gasteiger partial charge < -0.3 is 14.6 Å². The van der Waals surface area contributed by atoms with Crippen LogP contribution in [0.25, 0.3) is 0 Å². The Kier molecular flexibility index (Phi) is 4.62. The van der Waals surface area contributed by atoms with Gasteiger partial charge >= 0.3 is 0 Å².